The van der Waals surface area contributed by atoms with Crippen LogP contribution in [0.4, 0.5) is 23.7 Å². The zero-order valence-electron chi connectivity index (χ0n) is 18.4. The van der Waals surface area contributed by atoms with E-state index in [2.05, 4.69) is 15.3 Å². The quantitative estimate of drug-likeness (QED) is 0.319. The minimum absolute atomic E-state index is 0.0231. The smallest absolute Gasteiger partial charge is 0.416 e. The van der Waals surface area contributed by atoms with Crippen LogP contribution in [0.2, 0.25) is 5.02 Å². The summed E-state index contributed by atoms with van der Waals surface area (Å²) in [5, 5.41) is 3.37. The van der Waals surface area contributed by atoms with Gasteiger partial charge in [-0.05, 0) is 61.0 Å². The summed E-state index contributed by atoms with van der Waals surface area (Å²) in [7, 11) is 0. The monoisotopic (exact) mass is 504 g/mol. The second kappa shape index (κ2) is 9.83. The molecule has 0 fully saturated rings. The maximum atomic E-state index is 13.3. The number of anilines is 1. The van der Waals surface area contributed by atoms with E-state index in [9.17, 15) is 22.8 Å². The molecule has 4 rings (SSSR count). The number of aromatic nitrogens is 2. The molecule has 2 aromatic carbocycles. The molecule has 0 radical (unpaired) electrons. The number of benzene rings is 2. The first kappa shape index (κ1) is 24.3. The third-order valence-corrected chi connectivity index (χ3v) is 5.63. The van der Waals surface area contributed by atoms with Gasteiger partial charge < -0.3 is 19.6 Å². The fourth-order valence-electron chi connectivity index (χ4n) is 3.68. The number of nitrogens with one attached hydrogen (secondary N) is 2. The molecule has 0 aliphatic rings. The highest BCUT2D eigenvalue weighted by molar-refractivity contribution is 6.31. The highest BCUT2D eigenvalue weighted by Gasteiger charge is 2.31. The van der Waals surface area contributed by atoms with E-state index in [1.54, 1.807) is 30.3 Å². The van der Waals surface area contributed by atoms with Crippen molar-refractivity contribution < 1.29 is 22.4 Å². The molecule has 0 bridgehead atoms. The maximum absolute atomic E-state index is 13.3. The largest absolute Gasteiger partial charge is 0.467 e. The number of alkyl halides is 3. The van der Waals surface area contributed by atoms with Crippen LogP contribution in [0.25, 0.3) is 10.9 Å². The average molecular weight is 505 g/mol. The van der Waals surface area contributed by atoms with E-state index in [0.29, 0.717) is 28.1 Å². The third-order valence-electron chi connectivity index (χ3n) is 5.40. The Morgan fingerprint density at radius 1 is 1.20 bits per heavy atom. The van der Waals surface area contributed by atoms with Gasteiger partial charge in [0.05, 0.1) is 35.3 Å². The number of hydrogen-bond acceptors (Lipinski definition) is 4. The molecule has 2 heterocycles. The Kier molecular flexibility index (Phi) is 6.83. The van der Waals surface area contributed by atoms with Crippen molar-refractivity contribution in [2.45, 2.75) is 32.1 Å². The van der Waals surface area contributed by atoms with Crippen LogP contribution in [-0.4, -0.2) is 20.9 Å². The number of rotatable bonds is 6. The summed E-state index contributed by atoms with van der Waals surface area (Å²) in [6.07, 6.45) is -2.66. The van der Waals surface area contributed by atoms with E-state index in [4.69, 9.17) is 16.0 Å². The molecule has 7 nitrogen and oxygen atoms in total. The van der Waals surface area contributed by atoms with Crippen LogP contribution >= 0.6 is 11.6 Å². The first-order valence-electron chi connectivity index (χ1n) is 10.6. The van der Waals surface area contributed by atoms with Crippen molar-refractivity contribution in [3.63, 3.8) is 0 Å². The normalized spacial score (nSPS) is 12.5. The number of furan rings is 1. The fraction of sp³-hybridized carbons (Fsp3) is 0.208. The number of carbonyl (C=O) groups excluding carboxylic acids is 1. The van der Waals surface area contributed by atoms with Crippen LogP contribution in [0.3, 0.4) is 0 Å². The van der Waals surface area contributed by atoms with Crippen LogP contribution in [0.15, 0.2) is 70.1 Å². The Bertz CT molecular complexity index is 1390. The Hall–Kier alpha value is -3.79. The topological polar surface area (TPSA) is 91.2 Å². The summed E-state index contributed by atoms with van der Waals surface area (Å²) in [4.78, 5) is 34.6. The highest BCUT2D eigenvalue weighted by atomic mass is 35.5. The van der Waals surface area contributed by atoms with E-state index >= 15 is 0 Å². The molecule has 0 spiro atoms. The van der Waals surface area contributed by atoms with E-state index < -0.39 is 23.8 Å². The summed E-state index contributed by atoms with van der Waals surface area (Å²) in [6, 6.07) is 10.9. The van der Waals surface area contributed by atoms with Crippen LogP contribution in [0, 0.1) is 0 Å². The second-order valence-electron chi connectivity index (χ2n) is 7.75. The van der Waals surface area contributed by atoms with Gasteiger partial charge in [-0.3, -0.25) is 4.79 Å². The number of fused-ring (bicyclic) bond motifs is 1. The predicted molar refractivity (Wildman–Crippen MR) is 125 cm³/mol. The molecule has 1 atom stereocenters. The molecule has 0 aliphatic heterocycles. The standard InChI is InChI=1S/C24H20ClF3N4O3/c1-2-20(21-30-19-12-15(25)7-10-18(19)22(33)31-21)32(13-17-4-3-11-35-17)23(34)29-16-8-5-14(6-9-16)24(26,27)28/h3-12,20H,2,13H2,1H3,(H,29,34)(H,30,31,33). The molecule has 2 amide bonds. The molecule has 1 unspecified atom stereocenters. The van der Waals surface area contributed by atoms with Gasteiger partial charge in [-0.25, -0.2) is 9.78 Å². The molecule has 0 saturated heterocycles. The fourth-order valence-corrected chi connectivity index (χ4v) is 3.85. The number of aromatic amines is 1. The van der Waals surface area contributed by atoms with Gasteiger partial charge in [0.2, 0.25) is 0 Å². The Morgan fingerprint density at radius 2 is 1.94 bits per heavy atom. The predicted octanol–water partition coefficient (Wildman–Crippen LogP) is 6.37. The van der Waals surface area contributed by atoms with Crippen molar-refractivity contribution in [2.24, 2.45) is 0 Å². The SMILES string of the molecule is CCC(c1nc2cc(Cl)ccc2c(=O)[nH]1)N(Cc1ccco1)C(=O)Nc1ccc(C(F)(F)F)cc1. The van der Waals surface area contributed by atoms with E-state index in [0.717, 1.165) is 12.1 Å². The molecule has 4 aromatic rings. The van der Waals surface area contributed by atoms with Crippen molar-refractivity contribution in [2.75, 3.05) is 5.32 Å². The van der Waals surface area contributed by atoms with Gasteiger partial charge in [0.1, 0.15) is 11.6 Å². The number of halogens is 4. The van der Waals surface area contributed by atoms with E-state index in [1.165, 1.54) is 23.3 Å². The molecule has 2 N–H and O–H groups in total. The molecule has 0 saturated carbocycles. The van der Waals surface area contributed by atoms with Crippen LogP contribution in [-0.2, 0) is 12.7 Å². The first-order valence-corrected chi connectivity index (χ1v) is 11.0. The van der Waals surface area contributed by atoms with Gasteiger partial charge in [0.25, 0.3) is 5.56 Å². The first-order chi connectivity index (χ1) is 16.7. The lowest BCUT2D eigenvalue weighted by Gasteiger charge is -2.30. The van der Waals surface area contributed by atoms with Gasteiger partial charge in [-0.2, -0.15) is 13.2 Å². The number of hydrogen-bond donors (Lipinski definition) is 2. The average Bonchev–Trinajstić information content (AvgIpc) is 3.31. The maximum Gasteiger partial charge on any atom is 0.416 e. The summed E-state index contributed by atoms with van der Waals surface area (Å²) >= 11 is 6.06. The number of H-pyrrole nitrogens is 1. The van der Waals surface area contributed by atoms with Crippen molar-refractivity contribution >= 4 is 34.2 Å². The number of amides is 2. The zero-order chi connectivity index (χ0) is 25.2. The van der Waals surface area contributed by atoms with E-state index in [1.807, 2.05) is 6.92 Å². The summed E-state index contributed by atoms with van der Waals surface area (Å²) < 4.78 is 44.0. The molecular weight excluding hydrogens is 485 g/mol. The minimum Gasteiger partial charge on any atom is -0.467 e. The number of urea groups is 1. The van der Waals surface area contributed by atoms with Crippen molar-refractivity contribution in [3.05, 3.63) is 93.4 Å². The second-order valence-corrected chi connectivity index (χ2v) is 8.19. The summed E-state index contributed by atoms with van der Waals surface area (Å²) in [6.45, 7) is 1.84. The number of carbonyl (C=O) groups is 1. The Morgan fingerprint density at radius 3 is 2.57 bits per heavy atom. The van der Waals surface area contributed by atoms with Crippen LogP contribution in [0.1, 0.15) is 36.5 Å². The summed E-state index contributed by atoms with van der Waals surface area (Å²) in [5.41, 5.74) is -0.669. The van der Waals surface area contributed by atoms with Gasteiger partial charge in [-0.15, -0.1) is 0 Å². The molecule has 11 heteroatoms. The van der Waals surface area contributed by atoms with Crippen LogP contribution < -0.4 is 10.9 Å². The van der Waals surface area contributed by atoms with Crippen LogP contribution in [0.5, 0.6) is 0 Å². The van der Waals surface area contributed by atoms with Gasteiger partial charge in [0, 0.05) is 10.7 Å². The molecule has 2 aromatic heterocycles. The summed E-state index contributed by atoms with van der Waals surface area (Å²) in [5.74, 6) is 0.707. The lowest BCUT2D eigenvalue weighted by molar-refractivity contribution is -0.137. The van der Waals surface area contributed by atoms with Gasteiger partial charge in [-0.1, -0.05) is 18.5 Å². The van der Waals surface area contributed by atoms with Crippen molar-refractivity contribution in [1.29, 1.82) is 0 Å². The highest BCUT2D eigenvalue weighted by Crippen LogP contribution is 2.30. The molecule has 0 aliphatic carbocycles. The van der Waals surface area contributed by atoms with Crippen molar-refractivity contribution in [1.82, 2.24) is 14.9 Å². The Labute approximate surface area is 202 Å². The zero-order valence-corrected chi connectivity index (χ0v) is 19.2. The van der Waals surface area contributed by atoms with Crippen molar-refractivity contribution in [3.8, 4) is 0 Å². The lowest BCUT2D eigenvalue weighted by atomic mass is 10.1. The van der Waals surface area contributed by atoms with Gasteiger partial charge >= 0.3 is 12.2 Å². The van der Waals surface area contributed by atoms with E-state index in [-0.39, 0.29) is 23.6 Å². The molecular formula is C24H20ClF3N4O3. The minimum atomic E-state index is -4.49. The number of nitrogens with zero attached hydrogens (tertiary/aromatic N) is 2. The molecule has 182 valence electrons. The lowest BCUT2D eigenvalue weighted by Crippen LogP contribution is -2.38. The molecule has 35 heavy (non-hydrogen) atoms. The van der Waals surface area contributed by atoms with Gasteiger partial charge in [0.15, 0.2) is 0 Å². The Balaban J connectivity index is 1.69. The third kappa shape index (κ3) is 5.48.